The molecule has 3 aliphatic heterocycles. The van der Waals surface area contributed by atoms with Crippen LogP contribution in [-0.4, -0.2) is 39.9 Å². The summed E-state index contributed by atoms with van der Waals surface area (Å²) in [6, 6.07) is 52.8. The Kier molecular flexibility index (Phi) is 16.0. The van der Waals surface area contributed by atoms with Gasteiger partial charge < -0.3 is 29.4 Å². The number of para-hydroxylation sites is 4. The first-order chi connectivity index (χ1) is 31.3. The second kappa shape index (κ2) is 22.4. The van der Waals surface area contributed by atoms with Crippen LogP contribution in [0.5, 0.6) is 0 Å². The molecule has 0 fully saturated rings. The van der Waals surface area contributed by atoms with Crippen molar-refractivity contribution >= 4 is 69.2 Å². The summed E-state index contributed by atoms with van der Waals surface area (Å²) in [4.78, 5) is 47.0. The van der Waals surface area contributed by atoms with Crippen LogP contribution in [0, 0.1) is 38.2 Å². The topological polar surface area (TPSA) is 123 Å². The van der Waals surface area contributed by atoms with Crippen molar-refractivity contribution in [2.24, 2.45) is 0 Å². The van der Waals surface area contributed by atoms with Crippen LogP contribution < -0.4 is 29.4 Å². The zero-order valence-electron chi connectivity index (χ0n) is 34.4. The molecule has 17 heteroatoms. The molecule has 5 aromatic heterocycles. The molecule has 0 saturated carbocycles. The summed E-state index contributed by atoms with van der Waals surface area (Å²) in [6.45, 7) is 5.89. The van der Waals surface area contributed by atoms with Crippen molar-refractivity contribution in [2.75, 3.05) is 29.4 Å². The predicted molar refractivity (Wildman–Crippen MR) is 243 cm³/mol. The van der Waals surface area contributed by atoms with Crippen LogP contribution >= 0.6 is 0 Å². The van der Waals surface area contributed by atoms with Gasteiger partial charge in [0.1, 0.15) is 40.7 Å². The van der Waals surface area contributed by atoms with Gasteiger partial charge in [0.25, 0.3) is 0 Å². The van der Waals surface area contributed by atoms with Gasteiger partial charge >= 0.3 is 0 Å². The second-order valence-electron chi connectivity index (χ2n) is 13.6. The molecule has 0 saturated heterocycles. The summed E-state index contributed by atoms with van der Waals surface area (Å²) >= 11 is 0. The third kappa shape index (κ3) is 10.0. The van der Waals surface area contributed by atoms with Crippen LogP contribution in [0.15, 0.2) is 189 Å². The fourth-order valence-electron chi connectivity index (χ4n) is 6.93. The zero-order chi connectivity index (χ0) is 42.2. The second-order valence-corrected chi connectivity index (χ2v) is 13.6. The van der Waals surface area contributed by atoms with Crippen molar-refractivity contribution in [3.63, 3.8) is 0 Å². The Morgan fingerprint density at radius 1 is 0.303 bits per heavy atom. The Labute approximate surface area is 423 Å². The molecule has 66 heavy (non-hydrogen) atoms. The number of benzene rings is 4. The first-order valence-electron chi connectivity index (χ1n) is 19.8. The van der Waals surface area contributed by atoms with E-state index in [0.717, 1.165) is 69.2 Å². The molecule has 3 aliphatic rings. The third-order valence-electron chi connectivity index (χ3n) is 9.77. The van der Waals surface area contributed by atoms with Crippen LogP contribution in [-0.2, 0) is 60.3 Å². The minimum absolute atomic E-state index is 0. The maximum Gasteiger partial charge on any atom is 0.146 e. The minimum atomic E-state index is 0. The monoisotopic (exact) mass is 1400 g/mol. The van der Waals surface area contributed by atoms with E-state index in [9.17, 15) is 0 Å². The van der Waals surface area contributed by atoms with E-state index in [1.54, 1.807) is 55.8 Å². The molecule has 0 spiro atoms. The Balaban J connectivity index is 0.000000144. The average molecular weight is 1400 g/mol. The summed E-state index contributed by atoms with van der Waals surface area (Å²) in [5.74, 6) is 5.54. The Hall–Kier alpha value is -6.83. The van der Waals surface area contributed by atoms with E-state index < -0.39 is 0 Å². The van der Waals surface area contributed by atoms with Crippen molar-refractivity contribution in [1.29, 1.82) is 0 Å². The number of aromatic nitrogens is 8. The van der Waals surface area contributed by atoms with Gasteiger partial charge in [-0.3, -0.25) is 4.98 Å². The van der Waals surface area contributed by atoms with Crippen LogP contribution in [0.1, 0.15) is 0 Å². The number of pyridine rings is 2. The van der Waals surface area contributed by atoms with Gasteiger partial charge in [-0.2, -0.15) is 91.0 Å². The first kappa shape index (κ1) is 47.1. The zero-order valence-corrected chi connectivity index (χ0v) is 41.6. The van der Waals surface area contributed by atoms with Gasteiger partial charge in [-0.1, -0.05) is 24.3 Å². The van der Waals surface area contributed by atoms with Crippen molar-refractivity contribution < 1.29 is 60.3 Å². The number of rotatable bonds is 6. The maximum absolute atomic E-state index is 4.47. The fourth-order valence-corrected chi connectivity index (χ4v) is 6.93. The molecule has 9 aromatic rings. The first-order valence-corrected chi connectivity index (χ1v) is 19.8. The van der Waals surface area contributed by atoms with E-state index in [0.29, 0.717) is 0 Å². The van der Waals surface area contributed by atoms with Gasteiger partial charge in [0.2, 0.25) is 0 Å². The van der Waals surface area contributed by atoms with Gasteiger partial charge in [-0.15, -0.1) is 37.1 Å². The van der Waals surface area contributed by atoms with Crippen LogP contribution in [0.25, 0.3) is 0 Å². The normalized spacial score (nSPS) is 12.7. The van der Waals surface area contributed by atoms with Crippen molar-refractivity contribution in [2.45, 2.75) is 0 Å². The van der Waals surface area contributed by atoms with E-state index in [-0.39, 0.29) is 60.3 Å². The largest absolute Gasteiger partial charge is 0.477 e. The summed E-state index contributed by atoms with van der Waals surface area (Å²) in [5, 5.41) is 0. The average Bonchev–Trinajstić information content (AvgIpc) is 4.09. The number of hydrogen-bond acceptors (Lipinski definition) is 14. The van der Waals surface area contributed by atoms with Gasteiger partial charge in [0.15, 0.2) is 0 Å². The number of nitrogens with zero attached hydrogens (tertiary/aromatic N) is 14. The van der Waals surface area contributed by atoms with Gasteiger partial charge in [0, 0.05) is 127 Å². The van der Waals surface area contributed by atoms with Crippen molar-refractivity contribution in [3.8, 4) is 0 Å². The molecular weight excluding hydrogens is 1360 g/mol. The molecule has 0 atom stereocenters. The van der Waals surface area contributed by atoms with E-state index in [1.165, 1.54) is 0 Å². The summed E-state index contributed by atoms with van der Waals surface area (Å²) in [5.41, 5.74) is 4.83. The Morgan fingerprint density at radius 2 is 0.667 bits per heavy atom. The van der Waals surface area contributed by atoms with Crippen LogP contribution in [0.2, 0.25) is 0 Å². The molecule has 0 amide bonds. The molecular formula is C49H34Ir3N14-6. The summed E-state index contributed by atoms with van der Waals surface area (Å²) < 4.78 is 0. The molecule has 0 unspecified atom stereocenters. The number of hydrogen-bond donors (Lipinski definition) is 0. The SMILES string of the molecule is [Ir].[Ir].[Ir].[c-]1ccccc1N1[CH-]N(c2ccccc2)c2nccnc21.[c-]1ccccc1N1[CH-]N(c2ccccn2)c2nccnc21.[c-]1ccccc1N1[CH-]N(c2ccncc2)c2nccnc21. The maximum atomic E-state index is 4.47. The van der Waals surface area contributed by atoms with Crippen molar-refractivity contribution in [1.82, 2.24) is 39.9 Å². The standard InChI is InChI=1S/C17H12N4.2C16H11N5.3Ir/c1-3-7-14(8-4-1)20-13-21(15-9-5-2-6-10-15)17-16(20)18-11-12-19-17;1-2-6-13(7-3-1)20-12-21(14-8-4-5-9-17-14)16-15(20)18-10-11-19-16;1-2-4-13(5-3-1)20-12-21(14-6-8-17-9-7-14)16-15(20)18-10-11-19-16;;;/h1-9,11-13H;1-6,8-12H;1-4,6-12H;;;/q3*-2;;;. The van der Waals surface area contributed by atoms with E-state index in [2.05, 4.69) is 58.1 Å². The quantitative estimate of drug-likeness (QED) is 0.147. The van der Waals surface area contributed by atoms with Gasteiger partial charge in [-0.05, 0) is 36.4 Å². The molecule has 0 bridgehead atoms. The molecule has 12 rings (SSSR count). The molecule has 3 radical (unpaired) electrons. The molecule has 333 valence electrons. The van der Waals surface area contributed by atoms with Gasteiger partial charge in [0.05, 0.1) is 0 Å². The third-order valence-corrected chi connectivity index (χ3v) is 9.77. The van der Waals surface area contributed by atoms with E-state index >= 15 is 0 Å². The number of fused-ring (bicyclic) bond motifs is 3. The Bertz CT molecular complexity index is 2370. The molecule has 0 N–H and O–H groups in total. The van der Waals surface area contributed by atoms with Gasteiger partial charge in [-0.25, -0.2) is 34.9 Å². The van der Waals surface area contributed by atoms with E-state index in [4.69, 9.17) is 0 Å². The fraction of sp³-hybridized carbons (Fsp3) is 0. The summed E-state index contributed by atoms with van der Waals surface area (Å²) in [7, 11) is 0. The van der Waals surface area contributed by atoms with Crippen LogP contribution in [0.4, 0.5) is 69.2 Å². The molecule has 0 aliphatic carbocycles. The van der Waals surface area contributed by atoms with Crippen molar-refractivity contribution in [3.05, 3.63) is 227 Å². The van der Waals surface area contributed by atoms with Crippen LogP contribution in [0.3, 0.4) is 0 Å². The smallest absolute Gasteiger partial charge is 0.146 e. The molecule has 4 aromatic carbocycles. The molecule has 14 nitrogen and oxygen atoms in total. The van der Waals surface area contributed by atoms with E-state index in [1.807, 2.05) is 183 Å². The summed E-state index contributed by atoms with van der Waals surface area (Å²) in [6.07, 6.45) is 15.4. The number of anilines is 12. The molecule has 8 heterocycles. The Morgan fingerprint density at radius 3 is 1.06 bits per heavy atom. The predicted octanol–water partition coefficient (Wildman–Crippen LogP) is 9.84. The minimum Gasteiger partial charge on any atom is -0.477 e.